The third kappa shape index (κ3) is 9.28. The summed E-state index contributed by atoms with van der Waals surface area (Å²) in [7, 11) is -2.95. The van der Waals surface area contributed by atoms with Crippen LogP contribution in [0.5, 0.6) is 0 Å². The Hall–Kier alpha value is -5.64. The predicted molar refractivity (Wildman–Crippen MR) is 199 cm³/mol. The Morgan fingerprint density at radius 3 is 2.09 bits per heavy atom. The number of carbonyl (C=O) groups is 3. The van der Waals surface area contributed by atoms with Crippen molar-refractivity contribution in [2.45, 2.75) is 84.4 Å². The van der Waals surface area contributed by atoms with Gasteiger partial charge in [-0.25, -0.2) is 31.4 Å². The Morgan fingerprint density at radius 1 is 0.889 bits per heavy atom. The van der Waals surface area contributed by atoms with Crippen molar-refractivity contribution < 1.29 is 36.3 Å². The third-order valence-corrected chi connectivity index (χ3v) is 9.91. The second-order valence-corrected chi connectivity index (χ2v) is 15.8. The standard InChI is InChI=1S/C38H43F2N5O8S/c1-20(2)53-36(49)31(17-24-10-13-26(14-11-24)45-35(48)22(4)23(5)44(9)37(45)50)41-34(47)27-18-29(40)30(19-28(27)39)43-54(51,52)32-15-12-25(16-21(32)3)33(46)42-38(6,7)8/h10-16,18-20,31,43H,17H2,1-9H3,(H,41,47)(H,42,46)/t31-/m0/s1. The quantitative estimate of drug-likeness (QED) is 0.189. The van der Waals surface area contributed by atoms with Gasteiger partial charge in [0, 0.05) is 41.9 Å². The van der Waals surface area contributed by atoms with Crippen LogP contribution in [0.25, 0.3) is 5.69 Å². The molecule has 0 saturated heterocycles. The van der Waals surface area contributed by atoms with E-state index >= 15 is 8.78 Å². The maximum Gasteiger partial charge on any atom is 0.335 e. The molecule has 1 heterocycles. The molecule has 0 fully saturated rings. The summed E-state index contributed by atoms with van der Waals surface area (Å²) < 4.78 is 66.8. The molecule has 3 aromatic carbocycles. The van der Waals surface area contributed by atoms with E-state index in [1.807, 2.05) is 4.72 Å². The van der Waals surface area contributed by atoms with Crippen LogP contribution in [0.4, 0.5) is 14.5 Å². The number of hydrogen-bond acceptors (Lipinski definition) is 8. The molecule has 0 aliphatic carbocycles. The molecule has 4 rings (SSSR count). The molecule has 54 heavy (non-hydrogen) atoms. The number of sulfonamides is 1. The first-order valence-corrected chi connectivity index (χ1v) is 18.3. The lowest BCUT2D eigenvalue weighted by Gasteiger charge is -2.21. The van der Waals surface area contributed by atoms with Crippen molar-refractivity contribution in [2.24, 2.45) is 7.05 Å². The smallest absolute Gasteiger partial charge is 0.335 e. The van der Waals surface area contributed by atoms with Gasteiger partial charge in [-0.3, -0.25) is 19.1 Å². The van der Waals surface area contributed by atoms with Gasteiger partial charge in [0.2, 0.25) is 0 Å². The van der Waals surface area contributed by atoms with Gasteiger partial charge in [0.25, 0.3) is 27.4 Å². The molecular weight excluding hydrogens is 725 g/mol. The zero-order chi connectivity index (χ0) is 40.4. The number of carbonyl (C=O) groups excluding carboxylic acids is 3. The number of hydrogen-bond donors (Lipinski definition) is 3. The van der Waals surface area contributed by atoms with Gasteiger partial charge in [-0.05, 0) is 103 Å². The van der Waals surface area contributed by atoms with Crippen molar-refractivity contribution in [1.29, 1.82) is 0 Å². The highest BCUT2D eigenvalue weighted by Crippen LogP contribution is 2.25. The van der Waals surface area contributed by atoms with Gasteiger partial charge in [0.15, 0.2) is 0 Å². The fourth-order valence-electron chi connectivity index (χ4n) is 5.45. The molecule has 0 radical (unpaired) electrons. The topological polar surface area (TPSA) is 175 Å². The number of nitrogens with zero attached hydrogens (tertiary/aromatic N) is 2. The van der Waals surface area contributed by atoms with E-state index in [9.17, 15) is 32.4 Å². The maximum atomic E-state index is 15.4. The Kier molecular flexibility index (Phi) is 12.0. The van der Waals surface area contributed by atoms with Gasteiger partial charge in [-0.15, -0.1) is 0 Å². The normalized spacial score (nSPS) is 12.3. The van der Waals surface area contributed by atoms with E-state index in [-0.39, 0.29) is 28.1 Å². The van der Waals surface area contributed by atoms with Gasteiger partial charge in [-0.2, -0.15) is 0 Å². The highest BCUT2D eigenvalue weighted by atomic mass is 32.2. The average molecular weight is 768 g/mol. The molecule has 1 aromatic heterocycles. The third-order valence-electron chi connectivity index (χ3n) is 8.38. The van der Waals surface area contributed by atoms with Crippen LogP contribution in [0.15, 0.2) is 69.1 Å². The molecule has 0 unspecified atom stereocenters. The number of aromatic nitrogens is 2. The summed E-state index contributed by atoms with van der Waals surface area (Å²) in [6, 6.07) is 9.48. The van der Waals surface area contributed by atoms with E-state index in [0.717, 1.165) is 4.57 Å². The average Bonchev–Trinajstić information content (AvgIpc) is 3.07. The van der Waals surface area contributed by atoms with Crippen molar-refractivity contribution in [3.8, 4) is 5.69 Å². The van der Waals surface area contributed by atoms with Crippen LogP contribution in [0.3, 0.4) is 0 Å². The number of benzene rings is 3. The van der Waals surface area contributed by atoms with Gasteiger partial charge in [0.1, 0.15) is 17.7 Å². The van der Waals surface area contributed by atoms with Crippen LogP contribution >= 0.6 is 0 Å². The predicted octanol–water partition coefficient (Wildman–Crippen LogP) is 4.36. The minimum atomic E-state index is -4.49. The summed E-state index contributed by atoms with van der Waals surface area (Å²) in [4.78, 5) is 64.4. The summed E-state index contributed by atoms with van der Waals surface area (Å²) in [5.74, 6) is -5.06. The van der Waals surface area contributed by atoms with Crippen molar-refractivity contribution in [3.05, 3.63) is 121 Å². The Balaban J connectivity index is 1.57. The SMILES string of the molecule is Cc1cc(C(=O)NC(C)(C)C)ccc1S(=O)(=O)Nc1cc(F)c(C(=O)N[C@@H](Cc2ccc(-n3c(=O)c(C)c(C)n(C)c3=O)cc2)C(=O)OC(C)C)cc1F. The first-order valence-electron chi connectivity index (χ1n) is 16.9. The van der Waals surface area contributed by atoms with Gasteiger partial charge < -0.3 is 19.9 Å². The van der Waals surface area contributed by atoms with Crippen LogP contribution in [0.1, 0.15) is 77.7 Å². The van der Waals surface area contributed by atoms with Crippen LogP contribution in [0, 0.1) is 32.4 Å². The second-order valence-electron chi connectivity index (χ2n) is 14.2. The largest absolute Gasteiger partial charge is 0.461 e. The number of nitrogens with one attached hydrogen (secondary N) is 3. The van der Waals surface area contributed by atoms with Crippen LogP contribution in [0.2, 0.25) is 0 Å². The number of esters is 1. The molecule has 1 atom stereocenters. The van der Waals surface area contributed by atoms with Crippen molar-refractivity contribution in [2.75, 3.05) is 4.72 Å². The van der Waals surface area contributed by atoms with E-state index in [1.165, 1.54) is 54.0 Å². The molecule has 16 heteroatoms. The minimum absolute atomic E-state index is 0.165. The molecule has 13 nitrogen and oxygen atoms in total. The number of aryl methyl sites for hydroxylation is 1. The summed E-state index contributed by atoms with van der Waals surface area (Å²) in [6.45, 7) is 13.2. The fraction of sp³-hybridized carbons (Fsp3) is 0.342. The minimum Gasteiger partial charge on any atom is -0.461 e. The number of amides is 2. The lowest BCUT2D eigenvalue weighted by molar-refractivity contribution is -0.149. The zero-order valence-corrected chi connectivity index (χ0v) is 32.2. The molecule has 0 aliphatic heterocycles. The summed E-state index contributed by atoms with van der Waals surface area (Å²) in [6.07, 6.45) is -0.760. The summed E-state index contributed by atoms with van der Waals surface area (Å²) in [5, 5.41) is 5.14. The van der Waals surface area contributed by atoms with E-state index in [1.54, 1.807) is 55.5 Å². The van der Waals surface area contributed by atoms with Gasteiger partial charge in [-0.1, -0.05) is 12.1 Å². The van der Waals surface area contributed by atoms with Gasteiger partial charge >= 0.3 is 11.7 Å². The first-order chi connectivity index (χ1) is 25.0. The zero-order valence-electron chi connectivity index (χ0n) is 31.4. The van der Waals surface area contributed by atoms with Crippen molar-refractivity contribution in [3.63, 3.8) is 0 Å². The Labute approximate surface area is 311 Å². The molecule has 3 N–H and O–H groups in total. The molecular formula is C38H43F2N5O8S. The lowest BCUT2D eigenvalue weighted by atomic mass is 10.0. The number of ether oxygens (including phenoxy) is 1. The molecule has 288 valence electrons. The van der Waals surface area contributed by atoms with Crippen LogP contribution in [-0.2, 0) is 33.0 Å². The maximum absolute atomic E-state index is 15.4. The number of rotatable bonds is 11. The van der Waals surface area contributed by atoms with E-state index in [2.05, 4.69) is 10.6 Å². The Morgan fingerprint density at radius 2 is 1.52 bits per heavy atom. The van der Waals surface area contributed by atoms with E-state index in [0.29, 0.717) is 29.0 Å². The molecule has 0 bridgehead atoms. The van der Waals surface area contributed by atoms with Crippen molar-refractivity contribution in [1.82, 2.24) is 19.8 Å². The van der Waals surface area contributed by atoms with Crippen LogP contribution < -0.4 is 26.6 Å². The Bertz CT molecular complexity index is 2330. The van der Waals surface area contributed by atoms with Gasteiger partial charge in [0.05, 0.1) is 27.9 Å². The van der Waals surface area contributed by atoms with E-state index in [4.69, 9.17) is 4.74 Å². The summed E-state index contributed by atoms with van der Waals surface area (Å²) >= 11 is 0. The summed E-state index contributed by atoms with van der Waals surface area (Å²) in [5.41, 5.74) is -1.19. The molecule has 0 spiro atoms. The number of halogens is 2. The van der Waals surface area contributed by atoms with Crippen LogP contribution in [-0.4, -0.2) is 53.0 Å². The molecule has 2 amide bonds. The second kappa shape index (κ2) is 15.8. The van der Waals surface area contributed by atoms with E-state index < -0.39 is 79.6 Å². The monoisotopic (exact) mass is 767 g/mol. The molecule has 4 aromatic rings. The fourth-order valence-corrected chi connectivity index (χ4v) is 6.73. The highest BCUT2D eigenvalue weighted by Gasteiger charge is 2.28. The highest BCUT2D eigenvalue weighted by molar-refractivity contribution is 7.92. The number of anilines is 1. The lowest BCUT2D eigenvalue weighted by Crippen LogP contribution is -2.44. The van der Waals surface area contributed by atoms with Crippen molar-refractivity contribution >= 4 is 33.5 Å². The molecule has 0 aliphatic rings. The first kappa shape index (κ1) is 41.1. The molecule has 0 saturated carbocycles.